The molecule has 3 rings (SSSR count). The molecule has 24 heavy (non-hydrogen) atoms. The number of rotatable bonds is 6. The minimum Gasteiger partial charge on any atom is -0.357 e. The van der Waals surface area contributed by atoms with Crippen LogP contribution in [0.3, 0.4) is 0 Å². The highest BCUT2D eigenvalue weighted by molar-refractivity contribution is 8.01. The minimum absolute atomic E-state index is 0.0968. The molecule has 0 aliphatic heterocycles. The molecule has 1 aromatic heterocycles. The van der Waals surface area contributed by atoms with Crippen LogP contribution in [0.5, 0.6) is 0 Å². The standard InChI is InChI=1S/C16H23N5OS2/c17-11-16(8-4-5-9-16)19-13(22)10-23-15-21-20-14(24-15)18-12-6-2-1-3-7-12/h12H,1-10H2,(H,18,20)(H,19,22). The van der Waals surface area contributed by atoms with Gasteiger partial charge in [0.1, 0.15) is 5.54 Å². The first-order valence-electron chi connectivity index (χ1n) is 8.64. The molecule has 0 bridgehead atoms. The number of thioether (sulfide) groups is 1. The summed E-state index contributed by atoms with van der Waals surface area (Å²) in [6.07, 6.45) is 9.80. The van der Waals surface area contributed by atoms with E-state index in [-0.39, 0.29) is 11.7 Å². The van der Waals surface area contributed by atoms with Gasteiger partial charge in [-0.15, -0.1) is 10.2 Å². The fourth-order valence-electron chi connectivity index (χ4n) is 3.42. The fourth-order valence-corrected chi connectivity index (χ4v) is 5.05. The first kappa shape index (κ1) is 17.5. The largest absolute Gasteiger partial charge is 0.357 e. The monoisotopic (exact) mass is 365 g/mol. The highest BCUT2D eigenvalue weighted by atomic mass is 32.2. The molecule has 2 aliphatic rings. The molecular weight excluding hydrogens is 342 g/mol. The van der Waals surface area contributed by atoms with Gasteiger partial charge in [0.05, 0.1) is 11.8 Å². The number of hydrogen-bond donors (Lipinski definition) is 2. The topological polar surface area (TPSA) is 90.7 Å². The van der Waals surface area contributed by atoms with Crippen LogP contribution in [-0.2, 0) is 4.79 Å². The number of carbonyl (C=O) groups excluding carboxylic acids is 1. The number of nitrogens with one attached hydrogen (secondary N) is 2. The maximum Gasteiger partial charge on any atom is 0.231 e. The van der Waals surface area contributed by atoms with Crippen LogP contribution in [0.25, 0.3) is 0 Å². The van der Waals surface area contributed by atoms with E-state index in [4.69, 9.17) is 0 Å². The van der Waals surface area contributed by atoms with Gasteiger partial charge >= 0.3 is 0 Å². The van der Waals surface area contributed by atoms with Crippen molar-refractivity contribution in [2.75, 3.05) is 11.1 Å². The van der Waals surface area contributed by atoms with Gasteiger partial charge in [0.2, 0.25) is 11.0 Å². The SMILES string of the molecule is N#CC1(NC(=O)CSc2nnc(NC3CCCCC3)s2)CCCC1. The van der Waals surface area contributed by atoms with E-state index in [9.17, 15) is 10.1 Å². The van der Waals surface area contributed by atoms with E-state index < -0.39 is 5.54 Å². The lowest BCUT2D eigenvalue weighted by Gasteiger charge is -2.21. The number of aromatic nitrogens is 2. The Hall–Kier alpha value is -1.33. The predicted molar refractivity (Wildman–Crippen MR) is 96.1 cm³/mol. The summed E-state index contributed by atoms with van der Waals surface area (Å²) in [5.74, 6) is 0.182. The summed E-state index contributed by atoms with van der Waals surface area (Å²) in [6.45, 7) is 0. The number of carbonyl (C=O) groups is 1. The van der Waals surface area contributed by atoms with Gasteiger partial charge in [-0.05, 0) is 38.5 Å². The zero-order chi connectivity index (χ0) is 16.8. The van der Waals surface area contributed by atoms with Crippen molar-refractivity contribution in [2.24, 2.45) is 0 Å². The second-order valence-electron chi connectivity index (χ2n) is 6.59. The van der Waals surface area contributed by atoms with Crippen molar-refractivity contribution in [1.82, 2.24) is 15.5 Å². The molecule has 0 saturated heterocycles. The molecule has 0 unspecified atom stereocenters. The molecular formula is C16H23N5OS2. The third-order valence-corrected chi connectivity index (χ3v) is 6.70. The summed E-state index contributed by atoms with van der Waals surface area (Å²) in [6, 6.07) is 2.78. The Labute approximate surface area is 150 Å². The minimum atomic E-state index is -0.646. The lowest BCUT2D eigenvalue weighted by atomic mass is 9.96. The van der Waals surface area contributed by atoms with E-state index in [1.807, 2.05) is 0 Å². The Balaban J connectivity index is 1.45. The molecule has 2 saturated carbocycles. The predicted octanol–water partition coefficient (Wildman–Crippen LogP) is 3.33. The molecule has 2 fully saturated rings. The lowest BCUT2D eigenvalue weighted by molar-refractivity contribution is -0.119. The van der Waals surface area contributed by atoms with Crippen LogP contribution in [-0.4, -0.2) is 33.4 Å². The molecule has 6 nitrogen and oxygen atoms in total. The summed E-state index contributed by atoms with van der Waals surface area (Å²) in [5, 5.41) is 24.8. The van der Waals surface area contributed by atoms with E-state index >= 15 is 0 Å². The summed E-state index contributed by atoms with van der Waals surface area (Å²) < 4.78 is 0.792. The Morgan fingerprint density at radius 2 is 2.00 bits per heavy atom. The van der Waals surface area contributed by atoms with Crippen LogP contribution in [0.4, 0.5) is 5.13 Å². The Bertz CT molecular complexity index is 600. The average Bonchev–Trinajstić information content (AvgIpc) is 3.24. The van der Waals surface area contributed by atoms with Crippen molar-refractivity contribution in [3.05, 3.63) is 0 Å². The summed E-state index contributed by atoms with van der Waals surface area (Å²) in [7, 11) is 0. The molecule has 1 amide bonds. The van der Waals surface area contributed by atoms with Crippen LogP contribution in [0.15, 0.2) is 4.34 Å². The molecule has 0 aromatic carbocycles. The molecule has 2 N–H and O–H groups in total. The summed E-state index contributed by atoms with van der Waals surface area (Å²) >= 11 is 2.89. The van der Waals surface area contributed by atoms with Gasteiger partial charge in [-0.2, -0.15) is 5.26 Å². The molecule has 0 atom stereocenters. The van der Waals surface area contributed by atoms with E-state index in [2.05, 4.69) is 26.9 Å². The molecule has 1 heterocycles. The van der Waals surface area contributed by atoms with Crippen molar-refractivity contribution in [2.45, 2.75) is 73.7 Å². The highest BCUT2D eigenvalue weighted by Gasteiger charge is 2.35. The molecule has 0 radical (unpaired) electrons. The number of amides is 1. The zero-order valence-corrected chi connectivity index (χ0v) is 15.3. The Morgan fingerprint density at radius 3 is 2.71 bits per heavy atom. The number of hydrogen-bond acceptors (Lipinski definition) is 7. The van der Waals surface area contributed by atoms with Crippen molar-refractivity contribution < 1.29 is 4.79 Å². The third kappa shape index (κ3) is 4.61. The van der Waals surface area contributed by atoms with Crippen LogP contribution in [0.2, 0.25) is 0 Å². The summed E-state index contributed by atoms with van der Waals surface area (Å²) in [5.41, 5.74) is -0.646. The first-order chi connectivity index (χ1) is 11.7. The number of nitrogens with zero attached hydrogens (tertiary/aromatic N) is 3. The second kappa shape index (κ2) is 8.17. The van der Waals surface area contributed by atoms with Gasteiger partial charge in [0.15, 0.2) is 4.34 Å². The van der Waals surface area contributed by atoms with Crippen molar-refractivity contribution >= 4 is 34.1 Å². The highest BCUT2D eigenvalue weighted by Crippen LogP contribution is 2.30. The van der Waals surface area contributed by atoms with E-state index in [0.29, 0.717) is 6.04 Å². The van der Waals surface area contributed by atoms with Crippen LogP contribution >= 0.6 is 23.1 Å². The van der Waals surface area contributed by atoms with E-state index in [1.54, 1.807) is 0 Å². The zero-order valence-electron chi connectivity index (χ0n) is 13.7. The Kier molecular flexibility index (Phi) is 5.95. The molecule has 8 heteroatoms. The average molecular weight is 366 g/mol. The van der Waals surface area contributed by atoms with Gasteiger partial charge in [-0.3, -0.25) is 4.79 Å². The van der Waals surface area contributed by atoms with Crippen molar-refractivity contribution in [1.29, 1.82) is 5.26 Å². The first-order valence-corrected chi connectivity index (χ1v) is 10.4. The van der Waals surface area contributed by atoms with E-state index in [1.165, 1.54) is 55.2 Å². The van der Waals surface area contributed by atoms with Crippen LogP contribution in [0.1, 0.15) is 57.8 Å². The molecule has 0 spiro atoms. The molecule has 2 aliphatic carbocycles. The van der Waals surface area contributed by atoms with Crippen molar-refractivity contribution in [3.8, 4) is 6.07 Å². The molecule has 130 valence electrons. The quantitative estimate of drug-likeness (QED) is 0.752. The lowest BCUT2D eigenvalue weighted by Crippen LogP contribution is -2.45. The van der Waals surface area contributed by atoms with Crippen LogP contribution < -0.4 is 10.6 Å². The Morgan fingerprint density at radius 1 is 1.25 bits per heavy atom. The second-order valence-corrected chi connectivity index (χ2v) is 8.79. The fraction of sp³-hybridized carbons (Fsp3) is 0.750. The summed E-state index contributed by atoms with van der Waals surface area (Å²) in [4.78, 5) is 12.1. The van der Waals surface area contributed by atoms with Gasteiger partial charge in [0.25, 0.3) is 0 Å². The number of anilines is 1. The van der Waals surface area contributed by atoms with Crippen molar-refractivity contribution in [3.63, 3.8) is 0 Å². The smallest absolute Gasteiger partial charge is 0.231 e. The molecule has 1 aromatic rings. The maximum absolute atomic E-state index is 12.1. The van der Waals surface area contributed by atoms with Gasteiger partial charge < -0.3 is 10.6 Å². The van der Waals surface area contributed by atoms with Crippen LogP contribution in [0, 0.1) is 11.3 Å². The number of nitriles is 1. The van der Waals surface area contributed by atoms with Gasteiger partial charge in [-0.1, -0.05) is 42.4 Å². The van der Waals surface area contributed by atoms with Gasteiger partial charge in [0, 0.05) is 6.04 Å². The maximum atomic E-state index is 12.1. The normalized spacial score (nSPS) is 20.5. The third-order valence-electron chi connectivity index (χ3n) is 4.72. The van der Waals surface area contributed by atoms with E-state index in [0.717, 1.165) is 35.2 Å². The van der Waals surface area contributed by atoms with Gasteiger partial charge in [-0.25, -0.2) is 0 Å².